The number of ketones is 1. The lowest BCUT2D eigenvalue weighted by atomic mass is 10.2. The van der Waals surface area contributed by atoms with Crippen molar-refractivity contribution in [2.75, 3.05) is 6.54 Å². The average Bonchev–Trinajstić information content (AvgIpc) is 1.87. The van der Waals surface area contributed by atoms with Gasteiger partial charge in [0.05, 0.1) is 6.54 Å². The van der Waals surface area contributed by atoms with E-state index in [1.807, 2.05) is 6.92 Å². The van der Waals surface area contributed by atoms with Crippen LogP contribution in [0.2, 0.25) is 0 Å². The molecule has 3 heteroatoms. The molecule has 1 atom stereocenters. The number of halogens is 1. The minimum atomic E-state index is 0. The standard InChI is InChI=1S/C5H9NO.ClH/c1-4-2-5(7)3-6-4;/h4,6H,2-3H2,1H3;1H. The third kappa shape index (κ3) is 1.80. The summed E-state index contributed by atoms with van der Waals surface area (Å²) >= 11 is 0. The summed E-state index contributed by atoms with van der Waals surface area (Å²) in [6, 6.07) is 0.424. The van der Waals surface area contributed by atoms with Crippen LogP contribution in [-0.4, -0.2) is 18.4 Å². The number of nitrogens with one attached hydrogen (secondary N) is 1. The van der Waals surface area contributed by atoms with Crippen molar-refractivity contribution in [3.05, 3.63) is 0 Å². The third-order valence-corrected chi connectivity index (χ3v) is 1.18. The Morgan fingerprint density at radius 3 is 2.50 bits per heavy atom. The average molecular weight is 136 g/mol. The fourth-order valence-electron chi connectivity index (χ4n) is 0.774. The lowest BCUT2D eigenvalue weighted by molar-refractivity contribution is -0.116. The lowest BCUT2D eigenvalue weighted by Crippen LogP contribution is -2.16. The highest BCUT2D eigenvalue weighted by Gasteiger charge is 2.15. The predicted octanol–water partition coefficient (Wildman–Crippen LogP) is 0.359. The lowest BCUT2D eigenvalue weighted by Gasteiger charge is -1.93. The molecule has 0 radical (unpaired) electrons. The molecule has 0 aromatic rings. The van der Waals surface area contributed by atoms with Gasteiger partial charge >= 0.3 is 0 Å². The molecule has 0 spiro atoms. The first-order valence-corrected chi connectivity index (χ1v) is 2.54. The van der Waals surface area contributed by atoms with Gasteiger partial charge in [0.15, 0.2) is 0 Å². The van der Waals surface area contributed by atoms with Crippen molar-refractivity contribution in [3.63, 3.8) is 0 Å². The Labute approximate surface area is 55.1 Å². The van der Waals surface area contributed by atoms with E-state index < -0.39 is 0 Å². The van der Waals surface area contributed by atoms with Crippen LogP contribution in [-0.2, 0) is 4.79 Å². The Morgan fingerprint density at radius 1 is 1.75 bits per heavy atom. The molecule has 1 heterocycles. The molecule has 0 aromatic carbocycles. The highest BCUT2D eigenvalue weighted by atomic mass is 35.5. The van der Waals surface area contributed by atoms with E-state index >= 15 is 0 Å². The van der Waals surface area contributed by atoms with E-state index in [1.165, 1.54) is 0 Å². The Kier molecular flexibility index (Phi) is 3.02. The molecule has 0 aliphatic carbocycles. The maximum atomic E-state index is 10.4. The van der Waals surface area contributed by atoms with Crippen LogP contribution >= 0.6 is 12.4 Å². The van der Waals surface area contributed by atoms with Crippen LogP contribution in [0.25, 0.3) is 0 Å². The highest BCUT2D eigenvalue weighted by Crippen LogP contribution is 1.97. The van der Waals surface area contributed by atoms with Gasteiger partial charge in [0.1, 0.15) is 5.78 Å². The molecule has 48 valence electrons. The quantitative estimate of drug-likeness (QED) is 0.520. The summed E-state index contributed by atoms with van der Waals surface area (Å²) in [4.78, 5) is 10.4. The maximum Gasteiger partial charge on any atom is 0.148 e. The second kappa shape index (κ2) is 3.05. The van der Waals surface area contributed by atoms with Gasteiger partial charge in [-0.1, -0.05) is 0 Å². The van der Waals surface area contributed by atoms with Gasteiger partial charge in [0.25, 0.3) is 0 Å². The van der Waals surface area contributed by atoms with Crippen molar-refractivity contribution in [2.24, 2.45) is 0 Å². The number of hydrogen-bond acceptors (Lipinski definition) is 2. The SMILES string of the molecule is CC1CC(=O)CN1.Cl. The minimum absolute atomic E-state index is 0. The van der Waals surface area contributed by atoms with Gasteiger partial charge in [-0.05, 0) is 6.92 Å². The zero-order valence-electron chi connectivity index (χ0n) is 4.81. The fraction of sp³-hybridized carbons (Fsp3) is 0.800. The molecule has 1 fully saturated rings. The molecule has 8 heavy (non-hydrogen) atoms. The van der Waals surface area contributed by atoms with Gasteiger partial charge in [-0.2, -0.15) is 0 Å². The van der Waals surface area contributed by atoms with Gasteiger partial charge < -0.3 is 5.32 Å². The van der Waals surface area contributed by atoms with Crippen LogP contribution in [0, 0.1) is 0 Å². The van der Waals surface area contributed by atoms with Gasteiger partial charge in [-0.3, -0.25) is 4.79 Å². The number of carbonyl (C=O) groups is 1. The van der Waals surface area contributed by atoms with Crippen molar-refractivity contribution in [2.45, 2.75) is 19.4 Å². The molecule has 1 saturated heterocycles. The number of Topliss-reactive ketones (excluding diaryl/α,β-unsaturated/α-hetero) is 1. The van der Waals surface area contributed by atoms with Crippen LogP contribution in [0.1, 0.15) is 13.3 Å². The topological polar surface area (TPSA) is 29.1 Å². The van der Waals surface area contributed by atoms with Crippen molar-refractivity contribution < 1.29 is 4.79 Å². The molecule has 0 saturated carbocycles. The summed E-state index contributed by atoms with van der Waals surface area (Å²) in [5.74, 6) is 0.340. The molecule has 0 aromatic heterocycles. The number of carbonyl (C=O) groups excluding carboxylic acids is 1. The summed E-state index contributed by atoms with van der Waals surface area (Å²) in [6.07, 6.45) is 0.722. The van der Waals surface area contributed by atoms with Gasteiger partial charge in [0, 0.05) is 12.5 Å². The molecule has 0 bridgehead atoms. The molecule has 1 aliphatic heterocycles. The highest BCUT2D eigenvalue weighted by molar-refractivity contribution is 5.85. The number of hydrogen-bond donors (Lipinski definition) is 1. The van der Waals surface area contributed by atoms with E-state index in [2.05, 4.69) is 5.32 Å². The Hall–Kier alpha value is -0.0800. The van der Waals surface area contributed by atoms with E-state index in [4.69, 9.17) is 0 Å². The van der Waals surface area contributed by atoms with Crippen LogP contribution in [0.15, 0.2) is 0 Å². The van der Waals surface area contributed by atoms with Crippen molar-refractivity contribution in [3.8, 4) is 0 Å². The second-order valence-corrected chi connectivity index (χ2v) is 2.02. The van der Waals surface area contributed by atoms with E-state index in [0.717, 1.165) is 6.42 Å². The molecule has 1 N–H and O–H groups in total. The van der Waals surface area contributed by atoms with Crippen LogP contribution in [0.3, 0.4) is 0 Å². The normalized spacial score (nSPS) is 27.6. The second-order valence-electron chi connectivity index (χ2n) is 2.02. The largest absolute Gasteiger partial charge is 0.307 e. The Bertz CT molecular complexity index is 94.4. The molecule has 1 rings (SSSR count). The maximum absolute atomic E-state index is 10.4. The first kappa shape index (κ1) is 7.92. The van der Waals surface area contributed by atoms with Crippen molar-refractivity contribution >= 4 is 18.2 Å². The predicted molar refractivity (Wildman–Crippen MR) is 34.3 cm³/mol. The third-order valence-electron chi connectivity index (χ3n) is 1.18. The molecule has 1 aliphatic rings. The molecule has 2 nitrogen and oxygen atoms in total. The van der Waals surface area contributed by atoms with E-state index in [0.29, 0.717) is 18.4 Å². The molecule has 1 unspecified atom stereocenters. The fourth-order valence-corrected chi connectivity index (χ4v) is 0.774. The number of rotatable bonds is 0. The summed E-state index contributed by atoms with van der Waals surface area (Å²) in [6.45, 7) is 2.60. The molecular formula is C5H10ClNO. The van der Waals surface area contributed by atoms with Crippen molar-refractivity contribution in [1.29, 1.82) is 0 Å². The van der Waals surface area contributed by atoms with Crippen LogP contribution in [0.5, 0.6) is 0 Å². The van der Waals surface area contributed by atoms with E-state index in [9.17, 15) is 4.79 Å². The summed E-state index contributed by atoms with van der Waals surface area (Å²) in [7, 11) is 0. The molecule has 0 amide bonds. The van der Waals surface area contributed by atoms with E-state index in [1.54, 1.807) is 0 Å². The first-order chi connectivity index (χ1) is 3.29. The van der Waals surface area contributed by atoms with Crippen molar-refractivity contribution in [1.82, 2.24) is 5.32 Å². The zero-order chi connectivity index (χ0) is 5.28. The summed E-state index contributed by atoms with van der Waals surface area (Å²) in [5, 5.41) is 3.02. The zero-order valence-corrected chi connectivity index (χ0v) is 5.62. The van der Waals surface area contributed by atoms with Crippen LogP contribution in [0.4, 0.5) is 0 Å². The Morgan fingerprint density at radius 2 is 2.38 bits per heavy atom. The minimum Gasteiger partial charge on any atom is -0.307 e. The van der Waals surface area contributed by atoms with E-state index in [-0.39, 0.29) is 12.4 Å². The van der Waals surface area contributed by atoms with Crippen LogP contribution < -0.4 is 5.32 Å². The first-order valence-electron chi connectivity index (χ1n) is 2.54. The Balaban J connectivity index is 0.000000490. The van der Waals surface area contributed by atoms with Gasteiger partial charge in [-0.15, -0.1) is 12.4 Å². The summed E-state index contributed by atoms with van der Waals surface area (Å²) < 4.78 is 0. The monoisotopic (exact) mass is 135 g/mol. The van der Waals surface area contributed by atoms with Gasteiger partial charge in [-0.25, -0.2) is 0 Å². The molecular weight excluding hydrogens is 126 g/mol. The summed E-state index contributed by atoms with van der Waals surface area (Å²) in [5.41, 5.74) is 0. The smallest absolute Gasteiger partial charge is 0.148 e. The van der Waals surface area contributed by atoms with Gasteiger partial charge in [0.2, 0.25) is 0 Å².